The molecule has 1 saturated carbocycles. The Hall–Kier alpha value is -1.30. The van der Waals surface area contributed by atoms with Crippen molar-refractivity contribution in [1.82, 2.24) is 0 Å². The molecule has 0 aromatic heterocycles. The van der Waals surface area contributed by atoms with Gasteiger partial charge in [-0.2, -0.15) is 0 Å². The standard InChI is InChI=1S/C18H24ClNO4/c1-17(11-23-18(24-12-17)8-4-3-5-9-18)16(21)20-13-6-7-15(22-2)14(19)10-13/h6-7,10H,3-5,8-9,11-12H2,1-2H3,(H,20,21). The molecule has 5 nitrogen and oxygen atoms in total. The van der Waals surface area contributed by atoms with Crippen LogP contribution in [0.4, 0.5) is 5.69 Å². The van der Waals surface area contributed by atoms with E-state index >= 15 is 0 Å². The Balaban J connectivity index is 1.63. The van der Waals surface area contributed by atoms with Gasteiger partial charge < -0.3 is 19.5 Å². The first kappa shape index (κ1) is 17.5. The van der Waals surface area contributed by atoms with E-state index < -0.39 is 11.2 Å². The number of amides is 1. The Bertz CT molecular complexity index is 603. The van der Waals surface area contributed by atoms with Crippen LogP contribution in [0, 0.1) is 5.41 Å². The first-order valence-electron chi connectivity index (χ1n) is 8.39. The number of nitrogens with one attached hydrogen (secondary N) is 1. The van der Waals surface area contributed by atoms with Crippen LogP contribution < -0.4 is 10.1 Å². The number of carbonyl (C=O) groups is 1. The van der Waals surface area contributed by atoms with Crippen LogP contribution in [-0.4, -0.2) is 32.0 Å². The minimum absolute atomic E-state index is 0.130. The molecule has 0 radical (unpaired) electrons. The third kappa shape index (κ3) is 3.53. The lowest BCUT2D eigenvalue weighted by molar-refractivity contribution is -0.306. The Morgan fingerprint density at radius 3 is 2.46 bits per heavy atom. The smallest absolute Gasteiger partial charge is 0.234 e. The summed E-state index contributed by atoms with van der Waals surface area (Å²) < 4.78 is 17.1. The Kier molecular flexibility index (Phi) is 5.04. The maximum atomic E-state index is 12.7. The van der Waals surface area contributed by atoms with E-state index in [0.717, 1.165) is 25.7 Å². The summed E-state index contributed by atoms with van der Waals surface area (Å²) in [7, 11) is 1.55. The summed E-state index contributed by atoms with van der Waals surface area (Å²) in [6.07, 6.45) is 5.29. The number of carbonyl (C=O) groups excluding carboxylic acids is 1. The zero-order valence-corrected chi connectivity index (χ0v) is 14.9. The van der Waals surface area contributed by atoms with E-state index in [0.29, 0.717) is 29.7 Å². The van der Waals surface area contributed by atoms with E-state index in [-0.39, 0.29) is 5.91 Å². The summed E-state index contributed by atoms with van der Waals surface area (Å²) in [6.45, 7) is 2.59. The summed E-state index contributed by atoms with van der Waals surface area (Å²) >= 11 is 6.11. The van der Waals surface area contributed by atoms with Crippen LogP contribution in [0.5, 0.6) is 5.75 Å². The van der Waals surface area contributed by atoms with E-state index in [4.69, 9.17) is 25.8 Å². The van der Waals surface area contributed by atoms with Crippen molar-refractivity contribution in [2.45, 2.75) is 44.8 Å². The molecule has 0 bridgehead atoms. The monoisotopic (exact) mass is 353 g/mol. The molecular weight excluding hydrogens is 330 g/mol. The van der Waals surface area contributed by atoms with Crippen molar-refractivity contribution in [3.63, 3.8) is 0 Å². The molecule has 24 heavy (non-hydrogen) atoms. The van der Waals surface area contributed by atoms with Gasteiger partial charge in [-0.25, -0.2) is 0 Å². The number of hydrogen-bond acceptors (Lipinski definition) is 4. The van der Waals surface area contributed by atoms with Gasteiger partial charge in [0.1, 0.15) is 5.75 Å². The lowest BCUT2D eigenvalue weighted by Crippen LogP contribution is -2.53. The molecule has 2 fully saturated rings. The van der Waals surface area contributed by atoms with E-state index in [9.17, 15) is 4.79 Å². The highest BCUT2D eigenvalue weighted by molar-refractivity contribution is 6.32. The molecule has 1 aliphatic heterocycles. The van der Waals surface area contributed by atoms with Crippen molar-refractivity contribution in [1.29, 1.82) is 0 Å². The lowest BCUT2D eigenvalue weighted by atomic mass is 9.87. The van der Waals surface area contributed by atoms with Gasteiger partial charge >= 0.3 is 0 Å². The normalized spacial score (nSPS) is 22.1. The van der Waals surface area contributed by atoms with Crippen molar-refractivity contribution in [2.24, 2.45) is 5.41 Å². The molecule has 0 unspecified atom stereocenters. The number of ether oxygens (including phenoxy) is 3. The molecule has 2 aliphatic rings. The maximum absolute atomic E-state index is 12.7. The quantitative estimate of drug-likeness (QED) is 0.892. The van der Waals surface area contributed by atoms with E-state index in [2.05, 4.69) is 5.32 Å². The summed E-state index contributed by atoms with van der Waals surface area (Å²) in [6, 6.07) is 5.17. The third-order valence-electron chi connectivity index (χ3n) is 4.88. The van der Waals surface area contributed by atoms with E-state index in [1.165, 1.54) is 6.42 Å². The van der Waals surface area contributed by atoms with E-state index in [1.807, 2.05) is 6.92 Å². The van der Waals surface area contributed by atoms with Gasteiger partial charge in [0.15, 0.2) is 5.79 Å². The van der Waals surface area contributed by atoms with Gasteiger partial charge in [0.05, 0.1) is 30.8 Å². The predicted octanol–water partition coefficient (Wildman–Crippen LogP) is 4.00. The van der Waals surface area contributed by atoms with Crippen molar-refractivity contribution >= 4 is 23.2 Å². The number of hydrogen-bond donors (Lipinski definition) is 1. The minimum Gasteiger partial charge on any atom is -0.495 e. The van der Waals surface area contributed by atoms with Gasteiger partial charge in [-0.05, 0) is 38.0 Å². The average molecular weight is 354 g/mol. The second kappa shape index (κ2) is 6.90. The molecular formula is C18H24ClNO4. The second-order valence-corrected chi connectivity index (χ2v) is 7.32. The number of benzene rings is 1. The van der Waals surface area contributed by atoms with Gasteiger partial charge in [0.25, 0.3) is 0 Å². The fraction of sp³-hybridized carbons (Fsp3) is 0.611. The number of halogens is 1. The molecule has 132 valence electrons. The second-order valence-electron chi connectivity index (χ2n) is 6.91. The largest absolute Gasteiger partial charge is 0.495 e. The topological polar surface area (TPSA) is 56.8 Å². The van der Waals surface area contributed by atoms with Crippen LogP contribution in [0.15, 0.2) is 18.2 Å². The van der Waals surface area contributed by atoms with Gasteiger partial charge in [0, 0.05) is 18.5 Å². The van der Waals surface area contributed by atoms with Gasteiger partial charge in [-0.15, -0.1) is 0 Å². The van der Waals surface area contributed by atoms with Crippen LogP contribution in [0.1, 0.15) is 39.0 Å². The molecule has 1 aromatic carbocycles. The highest BCUT2D eigenvalue weighted by Gasteiger charge is 2.46. The maximum Gasteiger partial charge on any atom is 0.234 e. The summed E-state index contributed by atoms with van der Waals surface area (Å²) in [5, 5.41) is 3.35. The van der Waals surface area contributed by atoms with Crippen LogP contribution in [0.3, 0.4) is 0 Å². The first-order chi connectivity index (χ1) is 11.5. The highest BCUT2D eigenvalue weighted by atomic mass is 35.5. The zero-order chi connectivity index (χ0) is 17.2. The Morgan fingerprint density at radius 2 is 1.88 bits per heavy atom. The van der Waals surface area contributed by atoms with Crippen LogP contribution >= 0.6 is 11.6 Å². The molecule has 1 aromatic rings. The minimum atomic E-state index is -0.713. The molecule has 1 amide bonds. The summed E-state index contributed by atoms with van der Waals surface area (Å²) in [4.78, 5) is 12.7. The van der Waals surface area contributed by atoms with Gasteiger partial charge in [0.2, 0.25) is 5.91 Å². The molecule has 6 heteroatoms. The number of methoxy groups -OCH3 is 1. The number of anilines is 1. The molecule has 1 saturated heterocycles. The van der Waals surface area contributed by atoms with Crippen molar-refractivity contribution in [3.05, 3.63) is 23.2 Å². The Labute approximate surface area is 147 Å². The first-order valence-corrected chi connectivity index (χ1v) is 8.77. The molecule has 3 rings (SSSR count). The molecule has 1 N–H and O–H groups in total. The van der Waals surface area contributed by atoms with Crippen LogP contribution in [0.2, 0.25) is 5.02 Å². The summed E-state index contributed by atoms with van der Waals surface area (Å²) in [5.74, 6) is -0.0274. The molecule has 0 atom stereocenters. The van der Waals surface area contributed by atoms with Crippen molar-refractivity contribution in [2.75, 3.05) is 25.6 Å². The average Bonchev–Trinajstić information content (AvgIpc) is 2.59. The van der Waals surface area contributed by atoms with E-state index in [1.54, 1.807) is 25.3 Å². The van der Waals surface area contributed by atoms with Gasteiger partial charge in [-0.1, -0.05) is 18.0 Å². The van der Waals surface area contributed by atoms with Gasteiger partial charge in [-0.3, -0.25) is 4.79 Å². The molecule has 1 aliphatic carbocycles. The third-order valence-corrected chi connectivity index (χ3v) is 5.18. The predicted molar refractivity (Wildman–Crippen MR) is 92.5 cm³/mol. The SMILES string of the molecule is COc1ccc(NC(=O)C2(C)COC3(CCCCC3)OC2)cc1Cl. The van der Waals surface area contributed by atoms with Crippen molar-refractivity contribution < 1.29 is 19.0 Å². The zero-order valence-electron chi connectivity index (χ0n) is 14.2. The lowest BCUT2D eigenvalue weighted by Gasteiger charge is -2.45. The molecule has 1 spiro atoms. The highest BCUT2D eigenvalue weighted by Crippen LogP contribution is 2.40. The van der Waals surface area contributed by atoms with Crippen LogP contribution in [0.25, 0.3) is 0 Å². The molecule has 1 heterocycles. The van der Waals surface area contributed by atoms with Crippen LogP contribution in [-0.2, 0) is 14.3 Å². The Morgan fingerprint density at radius 1 is 1.21 bits per heavy atom. The fourth-order valence-corrected chi connectivity index (χ4v) is 3.46. The van der Waals surface area contributed by atoms with Crippen molar-refractivity contribution in [3.8, 4) is 5.75 Å². The fourth-order valence-electron chi connectivity index (χ4n) is 3.20. The number of rotatable bonds is 3. The summed E-state index contributed by atoms with van der Waals surface area (Å²) in [5.41, 5.74) is -0.0836.